The summed E-state index contributed by atoms with van der Waals surface area (Å²) in [5.74, 6) is -1.35. The highest BCUT2D eigenvalue weighted by Crippen LogP contribution is 2.33. The van der Waals surface area contributed by atoms with Gasteiger partial charge in [0.05, 0.1) is 12.7 Å². The van der Waals surface area contributed by atoms with E-state index in [4.69, 9.17) is 4.74 Å². The number of nitrogens with zero attached hydrogens (tertiary/aromatic N) is 2. The summed E-state index contributed by atoms with van der Waals surface area (Å²) < 4.78 is 6.95. The maximum Gasteiger partial charge on any atom is 0.379 e. The van der Waals surface area contributed by atoms with Crippen molar-refractivity contribution in [2.24, 2.45) is 0 Å². The number of aryl methyl sites for hydroxylation is 1. The molecule has 0 radical (unpaired) electrons. The molecule has 1 aliphatic heterocycles. The topological polar surface area (TPSA) is 51.5 Å². The lowest BCUT2D eigenvalue weighted by molar-refractivity contribution is -0.135. The average molecular weight is 390 g/mol. The van der Waals surface area contributed by atoms with Crippen molar-refractivity contribution in [1.82, 2.24) is 9.47 Å². The highest BCUT2D eigenvalue weighted by Gasteiger charge is 2.32. The van der Waals surface area contributed by atoms with Crippen molar-refractivity contribution in [1.29, 1.82) is 0 Å². The van der Waals surface area contributed by atoms with E-state index >= 15 is 0 Å². The first kappa shape index (κ1) is 19.4. The van der Waals surface area contributed by atoms with E-state index in [1.165, 1.54) is 12.7 Å². The van der Waals surface area contributed by atoms with Crippen LogP contribution in [0.1, 0.15) is 33.6 Å². The fraction of sp³-hybridized carbons (Fsp3) is 0.333. The van der Waals surface area contributed by atoms with E-state index in [1.807, 2.05) is 19.1 Å². The van der Waals surface area contributed by atoms with Crippen molar-refractivity contribution in [2.75, 3.05) is 14.2 Å². The first-order valence-corrected chi connectivity index (χ1v) is 9.98. The lowest BCUT2D eigenvalue weighted by atomic mass is 9.98. The van der Waals surface area contributed by atoms with Crippen LogP contribution in [-0.4, -0.2) is 41.4 Å². The molecule has 1 aliphatic rings. The molecule has 0 bridgehead atoms. The summed E-state index contributed by atoms with van der Waals surface area (Å²) in [6.07, 6.45) is 1.70. The number of esters is 1. The van der Waals surface area contributed by atoms with Gasteiger partial charge in [0.25, 0.3) is 5.78 Å². The van der Waals surface area contributed by atoms with E-state index in [0.717, 1.165) is 48.1 Å². The molecule has 0 fully saturated rings. The molecule has 29 heavy (non-hydrogen) atoms. The van der Waals surface area contributed by atoms with E-state index in [-0.39, 0.29) is 0 Å². The minimum Gasteiger partial charge on any atom is -0.463 e. The van der Waals surface area contributed by atoms with Crippen LogP contribution >= 0.6 is 0 Å². The molecule has 0 saturated carbocycles. The van der Waals surface area contributed by atoms with Crippen LogP contribution in [0.3, 0.4) is 0 Å². The van der Waals surface area contributed by atoms with E-state index in [1.54, 1.807) is 0 Å². The minimum atomic E-state index is -0.801. The number of carbonyl (C=O) groups is 2. The molecule has 5 heteroatoms. The smallest absolute Gasteiger partial charge is 0.379 e. The Morgan fingerprint density at radius 1 is 1.17 bits per heavy atom. The zero-order valence-electron chi connectivity index (χ0n) is 17.1. The number of hydrogen-bond donors (Lipinski definition) is 0. The number of rotatable bonds is 5. The number of ether oxygens (including phenoxy) is 1. The maximum atomic E-state index is 12.8. The predicted octanol–water partition coefficient (Wildman–Crippen LogP) is 3.75. The normalized spacial score (nSPS) is 16.1. The quantitative estimate of drug-likeness (QED) is 0.378. The molecule has 2 aromatic carbocycles. The van der Waals surface area contributed by atoms with Gasteiger partial charge in [0, 0.05) is 35.7 Å². The molecule has 2 heterocycles. The second kappa shape index (κ2) is 7.84. The van der Waals surface area contributed by atoms with Gasteiger partial charge in [-0.2, -0.15) is 0 Å². The molecular weight excluding hydrogens is 364 g/mol. The fourth-order valence-electron chi connectivity index (χ4n) is 4.40. The zero-order valence-corrected chi connectivity index (χ0v) is 17.1. The summed E-state index contributed by atoms with van der Waals surface area (Å²) >= 11 is 0. The SMILES string of the molecule is COC(=O)C(=O)c1c2n(c3ccc(C)cc13)CC(N(C)Cc1ccccc1)CC2. The largest absolute Gasteiger partial charge is 0.463 e. The molecule has 1 atom stereocenters. The molecule has 1 unspecified atom stereocenters. The number of carbonyl (C=O) groups excluding carboxylic acids is 2. The first-order chi connectivity index (χ1) is 14.0. The Morgan fingerprint density at radius 3 is 2.66 bits per heavy atom. The van der Waals surface area contributed by atoms with Crippen molar-refractivity contribution >= 4 is 22.7 Å². The molecular formula is C24H26N2O3. The molecule has 150 valence electrons. The Labute approximate surface area is 170 Å². The number of fused-ring (bicyclic) bond motifs is 3. The number of likely N-dealkylation sites (N-methyl/N-ethyl adjacent to an activating group) is 1. The Morgan fingerprint density at radius 2 is 1.93 bits per heavy atom. The average Bonchev–Trinajstić information content (AvgIpc) is 3.05. The Hall–Kier alpha value is -2.92. The third-order valence-corrected chi connectivity index (χ3v) is 5.93. The molecule has 5 nitrogen and oxygen atoms in total. The van der Waals surface area contributed by atoms with Crippen molar-refractivity contribution in [3.05, 3.63) is 70.9 Å². The number of hydrogen-bond acceptors (Lipinski definition) is 4. The van der Waals surface area contributed by atoms with Crippen LogP contribution in [0.2, 0.25) is 0 Å². The van der Waals surface area contributed by atoms with Crippen LogP contribution < -0.4 is 0 Å². The van der Waals surface area contributed by atoms with E-state index < -0.39 is 11.8 Å². The molecule has 0 amide bonds. The van der Waals surface area contributed by atoms with Gasteiger partial charge < -0.3 is 9.30 Å². The van der Waals surface area contributed by atoms with Gasteiger partial charge in [-0.1, -0.05) is 42.0 Å². The van der Waals surface area contributed by atoms with Gasteiger partial charge in [0.2, 0.25) is 0 Å². The maximum absolute atomic E-state index is 12.8. The number of Topliss-reactive ketones (excluding diaryl/α,β-unsaturated/α-hetero) is 1. The molecule has 0 N–H and O–H groups in total. The number of methoxy groups -OCH3 is 1. The van der Waals surface area contributed by atoms with Crippen LogP contribution in [0.15, 0.2) is 48.5 Å². The van der Waals surface area contributed by atoms with Crippen LogP contribution in [0.25, 0.3) is 10.9 Å². The van der Waals surface area contributed by atoms with Crippen molar-refractivity contribution < 1.29 is 14.3 Å². The monoisotopic (exact) mass is 390 g/mol. The lowest BCUT2D eigenvalue weighted by Crippen LogP contribution is -2.38. The highest BCUT2D eigenvalue weighted by atomic mass is 16.5. The molecule has 3 aromatic rings. The number of aromatic nitrogens is 1. The Balaban J connectivity index is 1.70. The Bertz CT molecular complexity index is 1070. The summed E-state index contributed by atoms with van der Waals surface area (Å²) in [4.78, 5) is 27.2. The summed E-state index contributed by atoms with van der Waals surface area (Å²) in [6, 6.07) is 16.9. The van der Waals surface area contributed by atoms with E-state index in [0.29, 0.717) is 11.6 Å². The second-order valence-corrected chi connectivity index (χ2v) is 7.87. The summed E-state index contributed by atoms with van der Waals surface area (Å²) in [5.41, 5.74) is 4.83. The zero-order chi connectivity index (χ0) is 20.5. The van der Waals surface area contributed by atoms with E-state index in [2.05, 4.69) is 52.9 Å². The summed E-state index contributed by atoms with van der Waals surface area (Å²) in [6.45, 7) is 3.68. The second-order valence-electron chi connectivity index (χ2n) is 7.87. The van der Waals surface area contributed by atoms with Crippen molar-refractivity contribution in [3.8, 4) is 0 Å². The molecule has 0 saturated heterocycles. The van der Waals surface area contributed by atoms with Gasteiger partial charge in [-0.15, -0.1) is 0 Å². The van der Waals surface area contributed by atoms with Gasteiger partial charge in [0.15, 0.2) is 0 Å². The van der Waals surface area contributed by atoms with Crippen molar-refractivity contribution in [2.45, 2.75) is 38.9 Å². The van der Waals surface area contributed by atoms with Gasteiger partial charge in [-0.3, -0.25) is 9.69 Å². The van der Waals surface area contributed by atoms with Crippen LogP contribution in [0.5, 0.6) is 0 Å². The standard InChI is InChI=1S/C24H26N2O3/c1-16-9-11-20-19(13-16)22(23(27)24(28)29-3)21-12-10-18(15-26(20)21)25(2)14-17-7-5-4-6-8-17/h4-9,11,13,18H,10,12,14-15H2,1-3H3. The molecule has 1 aromatic heterocycles. The number of ketones is 1. The van der Waals surface area contributed by atoms with Crippen LogP contribution in [-0.2, 0) is 29.0 Å². The third-order valence-electron chi connectivity index (χ3n) is 5.93. The Kier molecular flexibility index (Phi) is 5.24. The van der Waals surface area contributed by atoms with E-state index in [9.17, 15) is 9.59 Å². The van der Waals surface area contributed by atoms with Gasteiger partial charge in [-0.25, -0.2) is 4.79 Å². The molecule has 0 spiro atoms. The fourth-order valence-corrected chi connectivity index (χ4v) is 4.40. The van der Waals surface area contributed by atoms with Crippen molar-refractivity contribution in [3.63, 3.8) is 0 Å². The predicted molar refractivity (Wildman–Crippen MR) is 113 cm³/mol. The van der Waals surface area contributed by atoms with Gasteiger partial charge in [-0.05, 0) is 44.5 Å². The molecule has 0 aliphatic carbocycles. The summed E-state index contributed by atoms with van der Waals surface area (Å²) in [7, 11) is 3.41. The van der Waals surface area contributed by atoms with Crippen LogP contribution in [0, 0.1) is 6.92 Å². The van der Waals surface area contributed by atoms with Gasteiger partial charge in [0.1, 0.15) is 0 Å². The minimum absolute atomic E-state index is 0.362. The third kappa shape index (κ3) is 3.58. The lowest BCUT2D eigenvalue weighted by Gasteiger charge is -2.33. The first-order valence-electron chi connectivity index (χ1n) is 9.98. The summed E-state index contributed by atoms with van der Waals surface area (Å²) in [5, 5.41) is 0.849. The van der Waals surface area contributed by atoms with Gasteiger partial charge >= 0.3 is 5.97 Å². The number of benzene rings is 2. The molecule has 4 rings (SSSR count). The van der Waals surface area contributed by atoms with Crippen LogP contribution in [0.4, 0.5) is 0 Å². The highest BCUT2D eigenvalue weighted by molar-refractivity contribution is 6.43.